The summed E-state index contributed by atoms with van der Waals surface area (Å²) in [5, 5.41) is 25.1. The molecule has 1 aliphatic heterocycles. The standard InChI is InChI=1S/C50H46F2N10O8S2/c1-27-42(71-26-56-27)29-12-10-28(11-13-29)21-54-45(65)38-20-33(63)25-62(38)49(66)43(50(2,3)4)57-44(64)34-8-6-7-9-35(34)46-58-59-48(70-46)39-23-53-41-17-14-30(24-61(39)41)31-18-37(47(69-5)55-22-31)60-72(67,68)40-16-15-32(51)19-36(40)52/h6-19,22-24,26,33,38,43,60,63H,20-21,25H2,1-5H3,(H,54,65)(H,57,64). The van der Waals surface area contributed by atoms with E-state index < -0.39 is 67.9 Å². The van der Waals surface area contributed by atoms with Crippen molar-refractivity contribution in [2.24, 2.45) is 5.41 Å². The van der Waals surface area contributed by atoms with E-state index in [0.29, 0.717) is 28.5 Å². The normalized spacial score (nSPS) is 15.4. The van der Waals surface area contributed by atoms with Gasteiger partial charge in [-0.25, -0.2) is 32.2 Å². The number of benzene rings is 3. The van der Waals surface area contributed by atoms with E-state index in [2.05, 4.69) is 40.5 Å². The van der Waals surface area contributed by atoms with E-state index >= 15 is 0 Å². The molecule has 3 atom stereocenters. The van der Waals surface area contributed by atoms with E-state index in [1.165, 1.54) is 30.5 Å². The molecular formula is C50H46F2N10O8S2. The van der Waals surface area contributed by atoms with E-state index in [-0.39, 0.29) is 54.0 Å². The first kappa shape index (κ1) is 49.0. The number of nitrogens with one attached hydrogen (secondary N) is 3. The number of carbonyl (C=O) groups excluding carboxylic acids is 3. The van der Waals surface area contributed by atoms with Gasteiger partial charge in [-0.1, -0.05) is 57.2 Å². The Morgan fingerprint density at radius 1 is 0.931 bits per heavy atom. The second-order valence-electron chi connectivity index (χ2n) is 18.1. The Morgan fingerprint density at radius 3 is 2.40 bits per heavy atom. The van der Waals surface area contributed by atoms with Crippen LogP contribution in [0.5, 0.6) is 5.88 Å². The predicted molar refractivity (Wildman–Crippen MR) is 262 cm³/mol. The zero-order chi connectivity index (χ0) is 51.1. The molecule has 72 heavy (non-hydrogen) atoms. The van der Waals surface area contributed by atoms with E-state index in [0.717, 1.165) is 33.8 Å². The van der Waals surface area contributed by atoms with Gasteiger partial charge in [-0.2, -0.15) is 0 Å². The summed E-state index contributed by atoms with van der Waals surface area (Å²) in [6.07, 6.45) is 3.68. The van der Waals surface area contributed by atoms with Crippen molar-refractivity contribution in [1.82, 2.24) is 45.1 Å². The van der Waals surface area contributed by atoms with E-state index in [1.54, 1.807) is 84.6 Å². The molecule has 22 heteroatoms. The molecule has 1 saturated heterocycles. The molecule has 1 aliphatic rings. The number of methoxy groups -OCH3 is 1. The summed E-state index contributed by atoms with van der Waals surface area (Å²) < 4.78 is 69.9. The number of aliphatic hydroxyl groups is 1. The number of pyridine rings is 2. The number of rotatable bonds is 14. The first-order valence-corrected chi connectivity index (χ1v) is 24.7. The first-order valence-electron chi connectivity index (χ1n) is 22.4. The number of sulfonamides is 1. The van der Waals surface area contributed by atoms with Crippen LogP contribution < -0.4 is 20.1 Å². The maximum absolute atomic E-state index is 14.5. The molecule has 0 bridgehead atoms. The van der Waals surface area contributed by atoms with E-state index in [4.69, 9.17) is 9.15 Å². The molecule has 3 amide bonds. The number of amides is 3. The fraction of sp³-hybridized carbons (Fsp3) is 0.240. The molecule has 6 heterocycles. The second-order valence-corrected chi connectivity index (χ2v) is 20.6. The van der Waals surface area contributed by atoms with Crippen LogP contribution in [0, 0.1) is 24.0 Å². The molecule has 370 valence electrons. The van der Waals surface area contributed by atoms with Crippen molar-refractivity contribution in [1.29, 1.82) is 0 Å². The lowest BCUT2D eigenvalue weighted by Crippen LogP contribution is -2.57. The topological polar surface area (TPSA) is 236 Å². The van der Waals surface area contributed by atoms with Gasteiger partial charge in [-0.3, -0.25) is 23.5 Å². The molecular weight excluding hydrogens is 971 g/mol. The number of imidazole rings is 1. The lowest BCUT2D eigenvalue weighted by Gasteiger charge is -2.35. The Morgan fingerprint density at radius 2 is 1.68 bits per heavy atom. The van der Waals surface area contributed by atoms with Crippen molar-refractivity contribution in [3.63, 3.8) is 0 Å². The number of fused-ring (bicyclic) bond motifs is 1. The van der Waals surface area contributed by atoms with Crippen LogP contribution in [0.15, 0.2) is 118 Å². The number of aryl methyl sites for hydroxylation is 1. The molecule has 1 fully saturated rings. The van der Waals surface area contributed by atoms with Gasteiger partial charge in [0.25, 0.3) is 21.8 Å². The number of β-amino-alcohol motifs (C(OH)–C–C–N with tert-alkyl or cyclic N) is 1. The predicted octanol–water partition coefficient (Wildman–Crippen LogP) is 7.06. The third-order valence-electron chi connectivity index (χ3n) is 12.0. The Kier molecular flexibility index (Phi) is 13.4. The van der Waals surface area contributed by atoms with E-state index in [9.17, 15) is 36.7 Å². The minimum Gasteiger partial charge on any atom is -0.480 e. The van der Waals surface area contributed by atoms with Gasteiger partial charge in [0.2, 0.25) is 23.6 Å². The summed E-state index contributed by atoms with van der Waals surface area (Å²) in [6, 6.07) is 19.1. The summed E-state index contributed by atoms with van der Waals surface area (Å²) in [6.45, 7) is 7.41. The Balaban J connectivity index is 0.921. The number of anilines is 1. The average Bonchev–Trinajstić information content (AvgIpc) is 4.19. The molecule has 5 aromatic heterocycles. The molecule has 9 rings (SSSR count). The Hall–Kier alpha value is -7.95. The largest absolute Gasteiger partial charge is 0.480 e. The summed E-state index contributed by atoms with van der Waals surface area (Å²) in [7, 11) is -3.27. The van der Waals surface area contributed by atoms with Gasteiger partial charge in [0.05, 0.1) is 46.6 Å². The third kappa shape index (κ3) is 10.0. The van der Waals surface area contributed by atoms with Crippen LogP contribution in [0.25, 0.3) is 50.3 Å². The molecule has 0 aliphatic carbocycles. The second kappa shape index (κ2) is 19.7. The van der Waals surface area contributed by atoms with Gasteiger partial charge >= 0.3 is 0 Å². The van der Waals surface area contributed by atoms with Crippen molar-refractivity contribution >= 4 is 50.4 Å². The van der Waals surface area contributed by atoms with Crippen LogP contribution >= 0.6 is 11.3 Å². The summed E-state index contributed by atoms with van der Waals surface area (Å²) in [5.41, 5.74) is 5.75. The SMILES string of the molecule is COc1ncc(-c2ccc3ncc(-c4nnc(-c5ccccc5C(=O)NC(C(=O)N5CC(O)CC5C(=O)NCc5ccc(-c6scnc6C)cc5)C(C)(C)C)o4)n3c2)cc1NS(=O)(=O)c1ccc(F)cc1F. The average molecular weight is 1020 g/mol. The van der Waals surface area contributed by atoms with Gasteiger partial charge in [0.15, 0.2) is 0 Å². The summed E-state index contributed by atoms with van der Waals surface area (Å²) in [4.78, 5) is 57.1. The van der Waals surface area contributed by atoms with Crippen LogP contribution in [0.1, 0.15) is 48.8 Å². The molecule has 18 nitrogen and oxygen atoms in total. The van der Waals surface area contributed by atoms with E-state index in [1.807, 2.05) is 31.2 Å². The maximum Gasteiger partial charge on any atom is 0.266 e. The molecule has 0 radical (unpaired) electrons. The van der Waals surface area contributed by atoms with Gasteiger partial charge in [-0.15, -0.1) is 21.5 Å². The lowest BCUT2D eigenvalue weighted by molar-refractivity contribution is -0.142. The van der Waals surface area contributed by atoms with Crippen molar-refractivity contribution < 1.29 is 45.8 Å². The summed E-state index contributed by atoms with van der Waals surface area (Å²) in [5.74, 6) is -3.94. The highest BCUT2D eigenvalue weighted by molar-refractivity contribution is 7.92. The number of hydrogen-bond acceptors (Lipinski definition) is 14. The molecule has 0 spiro atoms. The number of halogens is 2. The number of carbonyl (C=O) groups is 3. The zero-order valence-corrected chi connectivity index (χ0v) is 40.9. The number of likely N-dealkylation sites (tertiary alicyclic amines) is 1. The minimum atomic E-state index is -4.55. The first-order chi connectivity index (χ1) is 34.4. The zero-order valence-electron chi connectivity index (χ0n) is 39.3. The number of aromatic nitrogens is 6. The Bertz CT molecular complexity index is 3480. The van der Waals surface area contributed by atoms with Gasteiger partial charge < -0.3 is 29.8 Å². The molecule has 4 N–H and O–H groups in total. The molecule has 0 saturated carbocycles. The molecule has 8 aromatic rings. The van der Waals surface area contributed by atoms with Crippen LogP contribution in [0.3, 0.4) is 0 Å². The van der Waals surface area contributed by atoms with Crippen molar-refractivity contribution in [3.05, 3.63) is 137 Å². The summed E-state index contributed by atoms with van der Waals surface area (Å²) >= 11 is 1.55. The highest BCUT2D eigenvalue weighted by Gasteiger charge is 2.45. The van der Waals surface area contributed by atoms with Crippen LogP contribution in [-0.2, 0) is 26.2 Å². The van der Waals surface area contributed by atoms with Crippen molar-refractivity contribution in [2.45, 2.75) is 63.7 Å². The molecule has 3 unspecified atom stereocenters. The quantitative estimate of drug-likeness (QED) is 0.0855. The number of ether oxygens (including phenoxy) is 1. The maximum atomic E-state index is 14.5. The number of hydrogen-bond donors (Lipinski definition) is 4. The fourth-order valence-electron chi connectivity index (χ4n) is 8.34. The molecule has 3 aromatic carbocycles. The highest BCUT2D eigenvalue weighted by atomic mass is 32.2. The van der Waals surface area contributed by atoms with Crippen LogP contribution in [0.4, 0.5) is 14.5 Å². The van der Waals surface area contributed by atoms with Gasteiger partial charge in [0, 0.05) is 49.1 Å². The van der Waals surface area contributed by atoms with Crippen molar-refractivity contribution in [2.75, 3.05) is 18.4 Å². The number of nitrogens with zero attached hydrogens (tertiary/aromatic N) is 7. The third-order valence-corrected chi connectivity index (χ3v) is 14.4. The number of thiazole rings is 1. The van der Waals surface area contributed by atoms with Crippen LogP contribution in [0.2, 0.25) is 0 Å². The Labute approximate surface area is 415 Å². The fourth-order valence-corrected chi connectivity index (χ4v) is 10.3. The highest BCUT2D eigenvalue weighted by Crippen LogP contribution is 2.34. The van der Waals surface area contributed by atoms with Crippen LogP contribution in [-0.4, -0.2) is 97.5 Å². The van der Waals surface area contributed by atoms with Gasteiger partial charge in [0.1, 0.15) is 45.6 Å². The van der Waals surface area contributed by atoms with Gasteiger partial charge in [-0.05, 0) is 65.9 Å². The smallest absolute Gasteiger partial charge is 0.266 e. The van der Waals surface area contributed by atoms with Crippen molar-refractivity contribution in [3.8, 4) is 50.5 Å². The lowest BCUT2D eigenvalue weighted by atomic mass is 9.85. The monoisotopic (exact) mass is 1020 g/mol. The minimum absolute atomic E-state index is 0.0227. The number of aliphatic hydroxyl groups excluding tert-OH is 1.